The van der Waals surface area contributed by atoms with Gasteiger partial charge in [-0.3, -0.25) is 9.89 Å². The number of carboxylic acid groups (broad SMARTS) is 1. The van der Waals surface area contributed by atoms with Gasteiger partial charge in [-0.25, -0.2) is 4.79 Å². The highest BCUT2D eigenvalue weighted by Gasteiger charge is 2.19. The number of H-pyrrole nitrogens is 1. The van der Waals surface area contributed by atoms with Crippen molar-refractivity contribution in [1.29, 1.82) is 0 Å². The van der Waals surface area contributed by atoms with Crippen LogP contribution in [0.4, 0.5) is 0 Å². The van der Waals surface area contributed by atoms with Gasteiger partial charge < -0.3 is 10.4 Å². The van der Waals surface area contributed by atoms with E-state index in [1.165, 1.54) is 0 Å². The van der Waals surface area contributed by atoms with E-state index in [0.717, 1.165) is 11.3 Å². The maximum atomic E-state index is 12.1. The second kappa shape index (κ2) is 6.64. The summed E-state index contributed by atoms with van der Waals surface area (Å²) in [4.78, 5) is 23.0. The molecule has 0 spiro atoms. The van der Waals surface area contributed by atoms with Crippen LogP contribution in [0.1, 0.15) is 52.9 Å². The average Bonchev–Trinajstić information content (AvgIpc) is 2.97. The van der Waals surface area contributed by atoms with Gasteiger partial charge in [0.2, 0.25) is 0 Å². The number of amides is 1. The number of benzene rings is 1. The van der Waals surface area contributed by atoms with Gasteiger partial charge in [0.25, 0.3) is 5.91 Å². The number of nitrogens with zero attached hydrogens (tertiary/aromatic N) is 1. The lowest BCUT2D eigenvalue weighted by Gasteiger charge is -2.14. The van der Waals surface area contributed by atoms with Gasteiger partial charge in [0.05, 0.1) is 5.56 Å². The molecule has 0 saturated carbocycles. The van der Waals surface area contributed by atoms with Crippen molar-refractivity contribution in [3.05, 3.63) is 52.8 Å². The van der Waals surface area contributed by atoms with Gasteiger partial charge in [-0.1, -0.05) is 32.9 Å². The second-order valence-corrected chi connectivity index (χ2v) is 6.43. The van der Waals surface area contributed by atoms with E-state index in [0.29, 0.717) is 18.7 Å². The molecule has 0 aliphatic heterocycles. The molecule has 0 radical (unpaired) electrons. The molecule has 23 heavy (non-hydrogen) atoms. The Bertz CT molecular complexity index is 714. The van der Waals surface area contributed by atoms with Crippen LogP contribution in [0.15, 0.2) is 30.3 Å². The van der Waals surface area contributed by atoms with Gasteiger partial charge in [-0.2, -0.15) is 5.10 Å². The molecule has 1 aromatic heterocycles. The molecular weight excluding hydrogens is 294 g/mol. The van der Waals surface area contributed by atoms with Gasteiger partial charge in [-0.15, -0.1) is 0 Å². The number of nitrogens with one attached hydrogen (secondary N) is 2. The Morgan fingerprint density at radius 3 is 2.61 bits per heavy atom. The van der Waals surface area contributed by atoms with Crippen LogP contribution in [0.25, 0.3) is 0 Å². The average molecular weight is 315 g/mol. The fourth-order valence-corrected chi connectivity index (χ4v) is 2.09. The number of carbonyl (C=O) groups excluding carboxylic acids is 1. The molecule has 122 valence electrons. The van der Waals surface area contributed by atoms with Crippen molar-refractivity contribution < 1.29 is 14.7 Å². The number of carbonyl (C=O) groups is 2. The van der Waals surface area contributed by atoms with Gasteiger partial charge in [-0.05, 0) is 30.2 Å². The first-order valence-electron chi connectivity index (χ1n) is 7.43. The number of carboxylic acids is 1. The van der Waals surface area contributed by atoms with Crippen molar-refractivity contribution in [3.63, 3.8) is 0 Å². The number of hydrogen-bond donors (Lipinski definition) is 3. The highest BCUT2D eigenvalue weighted by Crippen LogP contribution is 2.20. The third-order valence-electron chi connectivity index (χ3n) is 3.49. The van der Waals surface area contributed by atoms with Gasteiger partial charge >= 0.3 is 5.97 Å². The van der Waals surface area contributed by atoms with E-state index in [1.807, 2.05) is 26.8 Å². The molecule has 1 amide bonds. The van der Waals surface area contributed by atoms with E-state index in [2.05, 4.69) is 15.5 Å². The van der Waals surface area contributed by atoms with E-state index in [1.54, 1.807) is 24.3 Å². The monoisotopic (exact) mass is 315 g/mol. The number of aromatic carboxylic acids is 1. The number of rotatable bonds is 5. The lowest BCUT2D eigenvalue weighted by Crippen LogP contribution is -2.26. The zero-order valence-corrected chi connectivity index (χ0v) is 13.5. The molecule has 0 fully saturated rings. The lowest BCUT2D eigenvalue weighted by molar-refractivity contribution is 0.0696. The van der Waals surface area contributed by atoms with Crippen LogP contribution in [0.5, 0.6) is 0 Å². The van der Waals surface area contributed by atoms with Crippen LogP contribution in [0, 0.1) is 0 Å². The molecule has 1 heterocycles. The Balaban J connectivity index is 1.91. The van der Waals surface area contributed by atoms with Crippen molar-refractivity contribution in [2.75, 3.05) is 6.54 Å². The fourth-order valence-electron chi connectivity index (χ4n) is 2.09. The fraction of sp³-hybridized carbons (Fsp3) is 0.353. The van der Waals surface area contributed by atoms with Crippen LogP contribution in [0.3, 0.4) is 0 Å². The molecule has 2 rings (SSSR count). The largest absolute Gasteiger partial charge is 0.478 e. The molecule has 0 aliphatic rings. The molecular formula is C17H21N3O3. The number of aromatic nitrogens is 2. The molecule has 0 saturated heterocycles. The first-order chi connectivity index (χ1) is 10.8. The smallest absolute Gasteiger partial charge is 0.335 e. The van der Waals surface area contributed by atoms with E-state index in [4.69, 9.17) is 5.11 Å². The summed E-state index contributed by atoms with van der Waals surface area (Å²) in [6, 6.07) is 8.44. The minimum Gasteiger partial charge on any atom is -0.478 e. The van der Waals surface area contributed by atoms with Crippen molar-refractivity contribution in [3.8, 4) is 0 Å². The van der Waals surface area contributed by atoms with Crippen molar-refractivity contribution in [2.45, 2.75) is 32.6 Å². The second-order valence-electron chi connectivity index (χ2n) is 6.43. The van der Waals surface area contributed by atoms with Crippen LogP contribution >= 0.6 is 0 Å². The van der Waals surface area contributed by atoms with Crippen LogP contribution in [-0.2, 0) is 11.8 Å². The summed E-state index contributed by atoms with van der Waals surface area (Å²) in [6.45, 7) is 6.53. The number of aromatic amines is 1. The third-order valence-corrected chi connectivity index (χ3v) is 3.49. The maximum Gasteiger partial charge on any atom is 0.335 e. The quantitative estimate of drug-likeness (QED) is 0.789. The van der Waals surface area contributed by atoms with Gasteiger partial charge in [0, 0.05) is 17.7 Å². The molecule has 2 aromatic rings. The van der Waals surface area contributed by atoms with Gasteiger partial charge in [0.15, 0.2) is 0 Å². The lowest BCUT2D eigenvalue weighted by atomic mass is 9.92. The van der Waals surface area contributed by atoms with Crippen molar-refractivity contribution in [2.24, 2.45) is 0 Å². The summed E-state index contributed by atoms with van der Waals surface area (Å²) in [6.07, 6.45) is 0.559. The summed E-state index contributed by atoms with van der Waals surface area (Å²) < 4.78 is 0. The van der Waals surface area contributed by atoms with E-state index in [-0.39, 0.29) is 16.9 Å². The summed E-state index contributed by atoms with van der Waals surface area (Å²) in [5, 5.41) is 18.7. The zero-order valence-electron chi connectivity index (χ0n) is 13.5. The molecule has 0 bridgehead atoms. The number of hydrogen-bond acceptors (Lipinski definition) is 3. The van der Waals surface area contributed by atoms with Crippen molar-refractivity contribution in [1.82, 2.24) is 15.5 Å². The first kappa shape index (κ1) is 16.7. The maximum absolute atomic E-state index is 12.1. The summed E-state index contributed by atoms with van der Waals surface area (Å²) >= 11 is 0. The standard InChI is InChI=1S/C17H21N3O3/c1-17(2,3)14-10-13(19-20-14)15(21)18-8-7-11-5-4-6-12(9-11)16(22)23/h4-6,9-10H,7-8H2,1-3H3,(H,18,21)(H,19,20)(H,22,23). The SMILES string of the molecule is CC(C)(C)c1cc(C(=O)NCCc2cccc(C(=O)O)c2)n[nH]1. The van der Waals surface area contributed by atoms with Crippen molar-refractivity contribution >= 4 is 11.9 Å². The molecule has 1 aromatic carbocycles. The molecule has 0 atom stereocenters. The first-order valence-corrected chi connectivity index (χ1v) is 7.43. The molecule has 3 N–H and O–H groups in total. The molecule has 6 nitrogen and oxygen atoms in total. The summed E-state index contributed by atoms with van der Waals surface area (Å²) in [5.41, 5.74) is 2.27. The molecule has 0 aliphatic carbocycles. The predicted octanol–water partition coefficient (Wildman–Crippen LogP) is 2.38. The predicted molar refractivity (Wildman–Crippen MR) is 86.7 cm³/mol. The topological polar surface area (TPSA) is 95.1 Å². The van der Waals surface area contributed by atoms with Gasteiger partial charge in [0.1, 0.15) is 5.69 Å². The Hall–Kier alpha value is -2.63. The minimum absolute atomic E-state index is 0.0944. The van der Waals surface area contributed by atoms with Crippen LogP contribution in [-0.4, -0.2) is 33.7 Å². The van der Waals surface area contributed by atoms with Crippen LogP contribution in [0.2, 0.25) is 0 Å². The highest BCUT2D eigenvalue weighted by atomic mass is 16.4. The Kier molecular flexibility index (Phi) is 4.83. The van der Waals surface area contributed by atoms with Crippen LogP contribution < -0.4 is 5.32 Å². The Morgan fingerprint density at radius 1 is 1.26 bits per heavy atom. The molecule has 0 unspecified atom stereocenters. The van der Waals surface area contributed by atoms with E-state index < -0.39 is 5.97 Å². The van der Waals surface area contributed by atoms with E-state index in [9.17, 15) is 9.59 Å². The normalized spacial score (nSPS) is 11.3. The summed E-state index contributed by atoms with van der Waals surface area (Å²) in [7, 11) is 0. The third kappa shape index (κ3) is 4.42. The highest BCUT2D eigenvalue weighted by molar-refractivity contribution is 5.92. The summed E-state index contributed by atoms with van der Waals surface area (Å²) in [5.74, 6) is -1.20. The van der Waals surface area contributed by atoms with E-state index >= 15 is 0 Å². The zero-order chi connectivity index (χ0) is 17.0. The Labute approximate surface area is 134 Å². The Morgan fingerprint density at radius 2 is 2.00 bits per heavy atom. The minimum atomic E-state index is -0.956. The molecule has 6 heteroatoms.